The molecule has 1 heterocycles. The average Bonchev–Trinajstić information content (AvgIpc) is 2.49. The Kier molecular flexibility index (Phi) is 3.95. The SMILES string of the molecule is O=C(O)c1ccc2c(c1)CN(Cc1ccccc1Cl)CC2. The van der Waals surface area contributed by atoms with Crippen molar-refractivity contribution in [1.82, 2.24) is 4.90 Å². The summed E-state index contributed by atoms with van der Waals surface area (Å²) < 4.78 is 0. The summed E-state index contributed by atoms with van der Waals surface area (Å²) in [5, 5.41) is 9.87. The molecule has 3 nitrogen and oxygen atoms in total. The smallest absolute Gasteiger partial charge is 0.335 e. The molecule has 0 aliphatic carbocycles. The third kappa shape index (κ3) is 3.09. The Morgan fingerprint density at radius 1 is 1.19 bits per heavy atom. The second-order valence-corrected chi connectivity index (χ2v) is 5.75. The monoisotopic (exact) mass is 301 g/mol. The second-order valence-electron chi connectivity index (χ2n) is 5.34. The van der Waals surface area contributed by atoms with Crippen molar-refractivity contribution in [2.45, 2.75) is 19.5 Å². The molecule has 4 heteroatoms. The van der Waals surface area contributed by atoms with Crippen LogP contribution >= 0.6 is 11.6 Å². The van der Waals surface area contributed by atoms with E-state index >= 15 is 0 Å². The molecule has 0 atom stereocenters. The zero-order valence-electron chi connectivity index (χ0n) is 11.6. The maximum absolute atomic E-state index is 11.1. The Bertz CT molecular complexity index is 684. The number of benzene rings is 2. The highest BCUT2D eigenvalue weighted by atomic mass is 35.5. The van der Waals surface area contributed by atoms with Crippen molar-refractivity contribution < 1.29 is 9.90 Å². The minimum absolute atomic E-state index is 0.355. The predicted molar refractivity (Wildman–Crippen MR) is 82.7 cm³/mol. The standard InChI is InChI=1S/C17H16ClNO2/c18-16-4-2-1-3-14(16)10-19-8-7-12-5-6-13(17(20)21)9-15(12)11-19/h1-6,9H,7-8,10-11H2,(H,20,21). The highest BCUT2D eigenvalue weighted by molar-refractivity contribution is 6.31. The molecule has 21 heavy (non-hydrogen) atoms. The highest BCUT2D eigenvalue weighted by Crippen LogP contribution is 2.24. The summed E-state index contributed by atoms with van der Waals surface area (Å²) in [5.41, 5.74) is 3.81. The number of nitrogens with zero attached hydrogens (tertiary/aromatic N) is 1. The van der Waals surface area contributed by atoms with Crippen LogP contribution in [0.15, 0.2) is 42.5 Å². The summed E-state index contributed by atoms with van der Waals surface area (Å²) in [7, 11) is 0. The minimum Gasteiger partial charge on any atom is -0.478 e. The highest BCUT2D eigenvalue weighted by Gasteiger charge is 2.18. The number of carboxylic acid groups (broad SMARTS) is 1. The number of rotatable bonds is 3. The number of carboxylic acids is 1. The van der Waals surface area contributed by atoms with Crippen LogP contribution in [0.2, 0.25) is 5.02 Å². The fourth-order valence-electron chi connectivity index (χ4n) is 2.75. The molecule has 2 aromatic carbocycles. The van der Waals surface area contributed by atoms with E-state index in [1.54, 1.807) is 12.1 Å². The topological polar surface area (TPSA) is 40.5 Å². The van der Waals surface area contributed by atoms with Gasteiger partial charge in [0, 0.05) is 24.7 Å². The third-order valence-corrected chi connectivity index (χ3v) is 4.27. The van der Waals surface area contributed by atoms with Crippen LogP contribution < -0.4 is 0 Å². The van der Waals surface area contributed by atoms with Crippen molar-refractivity contribution >= 4 is 17.6 Å². The normalized spacial score (nSPS) is 14.7. The van der Waals surface area contributed by atoms with E-state index in [1.807, 2.05) is 30.3 Å². The number of hydrogen-bond donors (Lipinski definition) is 1. The van der Waals surface area contributed by atoms with E-state index in [0.29, 0.717) is 5.56 Å². The van der Waals surface area contributed by atoms with Crippen molar-refractivity contribution in [3.8, 4) is 0 Å². The molecule has 108 valence electrons. The van der Waals surface area contributed by atoms with Crippen LogP contribution in [-0.4, -0.2) is 22.5 Å². The molecule has 0 amide bonds. The fraction of sp³-hybridized carbons (Fsp3) is 0.235. The molecule has 1 aliphatic heterocycles. The summed E-state index contributed by atoms with van der Waals surface area (Å²) in [6.45, 7) is 2.52. The summed E-state index contributed by atoms with van der Waals surface area (Å²) in [5.74, 6) is -0.874. The molecule has 3 rings (SSSR count). The molecule has 1 N–H and O–H groups in total. The van der Waals surface area contributed by atoms with Gasteiger partial charge < -0.3 is 5.11 Å². The van der Waals surface area contributed by atoms with Crippen LogP contribution in [0.25, 0.3) is 0 Å². The molecule has 0 unspecified atom stereocenters. The van der Waals surface area contributed by atoms with E-state index in [1.165, 1.54) is 5.56 Å². The van der Waals surface area contributed by atoms with Crippen LogP contribution in [-0.2, 0) is 19.5 Å². The lowest BCUT2D eigenvalue weighted by atomic mass is 9.97. The first kappa shape index (κ1) is 14.1. The molecule has 0 spiro atoms. The predicted octanol–water partition coefficient (Wildman–Crippen LogP) is 3.60. The molecular weight excluding hydrogens is 286 g/mol. The van der Waals surface area contributed by atoms with E-state index in [-0.39, 0.29) is 0 Å². The van der Waals surface area contributed by atoms with Gasteiger partial charge in [-0.25, -0.2) is 4.79 Å². The van der Waals surface area contributed by atoms with Gasteiger partial charge in [-0.3, -0.25) is 4.90 Å². The first-order valence-electron chi connectivity index (χ1n) is 6.94. The largest absolute Gasteiger partial charge is 0.478 e. The van der Waals surface area contributed by atoms with Gasteiger partial charge in [-0.1, -0.05) is 35.9 Å². The Morgan fingerprint density at radius 2 is 2.00 bits per heavy atom. The maximum Gasteiger partial charge on any atom is 0.335 e. The number of aromatic carboxylic acids is 1. The first-order chi connectivity index (χ1) is 10.1. The number of fused-ring (bicyclic) bond motifs is 1. The molecule has 0 aromatic heterocycles. The summed E-state index contributed by atoms with van der Waals surface area (Å²) >= 11 is 6.21. The fourth-order valence-corrected chi connectivity index (χ4v) is 2.95. The van der Waals surface area contributed by atoms with Gasteiger partial charge in [0.1, 0.15) is 0 Å². The summed E-state index contributed by atoms with van der Waals surface area (Å²) in [6, 6.07) is 13.3. The van der Waals surface area contributed by atoms with Gasteiger partial charge in [-0.2, -0.15) is 0 Å². The van der Waals surface area contributed by atoms with E-state index in [4.69, 9.17) is 16.7 Å². The molecule has 2 aromatic rings. The van der Waals surface area contributed by atoms with Crippen molar-refractivity contribution in [2.75, 3.05) is 6.54 Å². The average molecular weight is 302 g/mol. The second kappa shape index (κ2) is 5.88. The van der Waals surface area contributed by atoms with Crippen molar-refractivity contribution in [3.63, 3.8) is 0 Å². The van der Waals surface area contributed by atoms with Gasteiger partial charge in [0.15, 0.2) is 0 Å². The van der Waals surface area contributed by atoms with Gasteiger partial charge in [0.2, 0.25) is 0 Å². The Hall–Kier alpha value is -1.84. The molecule has 0 saturated carbocycles. The number of carbonyl (C=O) groups is 1. The Labute approximate surface area is 128 Å². The molecule has 0 radical (unpaired) electrons. The first-order valence-corrected chi connectivity index (χ1v) is 7.32. The Balaban J connectivity index is 1.79. The van der Waals surface area contributed by atoms with E-state index < -0.39 is 5.97 Å². The lowest BCUT2D eigenvalue weighted by Crippen LogP contribution is -2.30. The van der Waals surface area contributed by atoms with Gasteiger partial charge >= 0.3 is 5.97 Å². The lowest BCUT2D eigenvalue weighted by molar-refractivity contribution is 0.0696. The zero-order chi connectivity index (χ0) is 14.8. The van der Waals surface area contributed by atoms with E-state index in [2.05, 4.69) is 4.90 Å². The molecule has 0 saturated heterocycles. The van der Waals surface area contributed by atoms with Crippen LogP contribution in [0.1, 0.15) is 27.0 Å². The molecule has 1 aliphatic rings. The Morgan fingerprint density at radius 3 is 2.76 bits per heavy atom. The van der Waals surface area contributed by atoms with Crippen molar-refractivity contribution in [2.24, 2.45) is 0 Å². The zero-order valence-corrected chi connectivity index (χ0v) is 12.3. The van der Waals surface area contributed by atoms with Crippen LogP contribution in [0.5, 0.6) is 0 Å². The lowest BCUT2D eigenvalue weighted by Gasteiger charge is -2.29. The van der Waals surface area contributed by atoms with Gasteiger partial charge in [-0.05, 0) is 41.3 Å². The van der Waals surface area contributed by atoms with Gasteiger partial charge in [0.05, 0.1) is 5.56 Å². The maximum atomic E-state index is 11.1. The van der Waals surface area contributed by atoms with Gasteiger partial charge in [-0.15, -0.1) is 0 Å². The minimum atomic E-state index is -0.874. The van der Waals surface area contributed by atoms with Gasteiger partial charge in [0.25, 0.3) is 0 Å². The van der Waals surface area contributed by atoms with Crippen molar-refractivity contribution in [1.29, 1.82) is 0 Å². The number of halogens is 1. The quantitative estimate of drug-likeness (QED) is 0.942. The molecule has 0 fully saturated rings. The third-order valence-electron chi connectivity index (χ3n) is 3.90. The number of hydrogen-bond acceptors (Lipinski definition) is 2. The van der Waals surface area contributed by atoms with Crippen LogP contribution in [0, 0.1) is 0 Å². The molecular formula is C17H16ClNO2. The van der Waals surface area contributed by atoms with E-state index in [9.17, 15) is 4.79 Å². The van der Waals surface area contributed by atoms with Crippen molar-refractivity contribution in [3.05, 3.63) is 69.7 Å². The van der Waals surface area contributed by atoms with Crippen LogP contribution in [0.3, 0.4) is 0 Å². The van der Waals surface area contributed by atoms with Crippen LogP contribution in [0.4, 0.5) is 0 Å². The summed E-state index contributed by atoms with van der Waals surface area (Å²) in [4.78, 5) is 13.4. The summed E-state index contributed by atoms with van der Waals surface area (Å²) in [6.07, 6.45) is 0.944. The van der Waals surface area contributed by atoms with E-state index in [0.717, 1.165) is 42.2 Å². The molecule has 0 bridgehead atoms.